The van der Waals surface area contributed by atoms with Crippen LogP contribution in [-0.2, 0) is 13.5 Å². The van der Waals surface area contributed by atoms with Crippen molar-refractivity contribution < 1.29 is 5.11 Å². The summed E-state index contributed by atoms with van der Waals surface area (Å²) in [5.41, 5.74) is 1.20. The number of aromatic hydroxyl groups is 1. The van der Waals surface area contributed by atoms with Gasteiger partial charge in [-0.2, -0.15) is 4.98 Å². The zero-order chi connectivity index (χ0) is 9.97. The van der Waals surface area contributed by atoms with Gasteiger partial charge in [-0.05, 0) is 5.56 Å². The highest BCUT2D eigenvalue weighted by molar-refractivity contribution is 5.20. The van der Waals surface area contributed by atoms with Crippen molar-refractivity contribution in [3.05, 3.63) is 47.9 Å². The van der Waals surface area contributed by atoms with Crippen molar-refractivity contribution in [2.45, 2.75) is 6.42 Å². The minimum Gasteiger partial charge on any atom is -0.492 e. The molecule has 3 nitrogen and oxygen atoms in total. The van der Waals surface area contributed by atoms with Crippen LogP contribution in [0.3, 0.4) is 0 Å². The van der Waals surface area contributed by atoms with Crippen LogP contribution < -0.4 is 0 Å². The summed E-state index contributed by atoms with van der Waals surface area (Å²) in [6.07, 6.45) is 2.36. The number of hydrogen-bond acceptors (Lipinski definition) is 2. The first-order valence-electron chi connectivity index (χ1n) is 4.51. The second-order valence-corrected chi connectivity index (χ2v) is 3.29. The van der Waals surface area contributed by atoms with Gasteiger partial charge in [-0.3, -0.25) is 0 Å². The molecule has 2 aromatic rings. The Morgan fingerprint density at radius 2 is 2.00 bits per heavy atom. The molecule has 1 aromatic carbocycles. The zero-order valence-electron chi connectivity index (χ0n) is 8.01. The SMILES string of the molecule is Cn1cc(O)nc1Cc1ccccc1. The van der Waals surface area contributed by atoms with E-state index in [1.54, 1.807) is 6.20 Å². The third-order valence-corrected chi connectivity index (χ3v) is 2.16. The topological polar surface area (TPSA) is 38.0 Å². The Morgan fingerprint density at radius 1 is 1.29 bits per heavy atom. The summed E-state index contributed by atoms with van der Waals surface area (Å²) in [6.45, 7) is 0. The van der Waals surface area contributed by atoms with E-state index in [1.807, 2.05) is 41.9 Å². The molecule has 0 unspecified atom stereocenters. The van der Waals surface area contributed by atoms with Gasteiger partial charge in [0.15, 0.2) is 0 Å². The fraction of sp³-hybridized carbons (Fsp3) is 0.182. The van der Waals surface area contributed by atoms with Gasteiger partial charge in [-0.15, -0.1) is 0 Å². The monoisotopic (exact) mass is 188 g/mol. The maximum atomic E-state index is 9.18. The van der Waals surface area contributed by atoms with E-state index in [2.05, 4.69) is 4.98 Å². The molecule has 2 rings (SSSR count). The maximum absolute atomic E-state index is 9.18. The molecule has 0 amide bonds. The summed E-state index contributed by atoms with van der Waals surface area (Å²) < 4.78 is 1.84. The number of rotatable bonds is 2. The van der Waals surface area contributed by atoms with E-state index in [0.717, 1.165) is 12.2 Å². The molecule has 1 N–H and O–H groups in total. The summed E-state index contributed by atoms with van der Waals surface area (Å²) in [5, 5.41) is 9.18. The zero-order valence-corrected chi connectivity index (χ0v) is 8.01. The minimum absolute atomic E-state index is 0.0819. The Labute approximate surface area is 82.7 Å². The lowest BCUT2D eigenvalue weighted by Crippen LogP contribution is -1.97. The molecule has 0 saturated heterocycles. The molecule has 0 spiro atoms. The Morgan fingerprint density at radius 3 is 2.57 bits per heavy atom. The largest absolute Gasteiger partial charge is 0.492 e. The summed E-state index contributed by atoms with van der Waals surface area (Å²) in [4.78, 5) is 4.02. The average Bonchev–Trinajstić information content (AvgIpc) is 2.47. The molecule has 72 valence electrons. The lowest BCUT2D eigenvalue weighted by Gasteiger charge is -2.00. The average molecular weight is 188 g/mol. The van der Waals surface area contributed by atoms with Gasteiger partial charge in [-0.25, -0.2) is 0 Å². The van der Waals surface area contributed by atoms with Gasteiger partial charge in [0, 0.05) is 13.5 Å². The maximum Gasteiger partial charge on any atom is 0.229 e. The molecule has 0 bridgehead atoms. The van der Waals surface area contributed by atoms with Crippen LogP contribution in [0.5, 0.6) is 5.88 Å². The second-order valence-electron chi connectivity index (χ2n) is 3.29. The number of hydrogen-bond donors (Lipinski definition) is 1. The molecule has 3 heteroatoms. The van der Waals surface area contributed by atoms with Crippen molar-refractivity contribution in [3.8, 4) is 5.88 Å². The summed E-state index contributed by atoms with van der Waals surface area (Å²) in [7, 11) is 1.88. The normalized spacial score (nSPS) is 10.4. The van der Waals surface area contributed by atoms with Gasteiger partial charge in [0.1, 0.15) is 5.82 Å². The van der Waals surface area contributed by atoms with Crippen LogP contribution in [0.25, 0.3) is 0 Å². The second kappa shape index (κ2) is 3.54. The minimum atomic E-state index is 0.0819. The molecule has 0 fully saturated rings. The van der Waals surface area contributed by atoms with Gasteiger partial charge >= 0.3 is 0 Å². The predicted molar refractivity (Wildman–Crippen MR) is 54.1 cm³/mol. The van der Waals surface area contributed by atoms with Gasteiger partial charge in [0.25, 0.3) is 0 Å². The molecule has 0 atom stereocenters. The van der Waals surface area contributed by atoms with Crippen LogP contribution in [0.15, 0.2) is 36.5 Å². The molecule has 0 aliphatic heterocycles. The van der Waals surface area contributed by atoms with Crippen LogP contribution in [0.1, 0.15) is 11.4 Å². The summed E-state index contributed by atoms with van der Waals surface area (Å²) in [6, 6.07) is 10.1. The Kier molecular flexibility index (Phi) is 2.23. The molecule has 0 aliphatic carbocycles. The van der Waals surface area contributed by atoms with Gasteiger partial charge in [0.2, 0.25) is 5.88 Å². The van der Waals surface area contributed by atoms with Gasteiger partial charge in [-0.1, -0.05) is 30.3 Å². The number of imidazole rings is 1. The van der Waals surface area contributed by atoms with Crippen LogP contribution in [0.4, 0.5) is 0 Å². The van der Waals surface area contributed by atoms with Gasteiger partial charge < -0.3 is 9.67 Å². The van der Waals surface area contributed by atoms with Crippen LogP contribution in [-0.4, -0.2) is 14.7 Å². The molecule has 1 heterocycles. The van der Waals surface area contributed by atoms with E-state index in [1.165, 1.54) is 5.56 Å². The van der Waals surface area contributed by atoms with E-state index in [9.17, 15) is 5.11 Å². The number of aryl methyl sites for hydroxylation is 1. The molecule has 0 radical (unpaired) electrons. The van der Waals surface area contributed by atoms with Crippen molar-refractivity contribution in [1.82, 2.24) is 9.55 Å². The van der Waals surface area contributed by atoms with Crippen molar-refractivity contribution >= 4 is 0 Å². The Bertz CT molecular complexity index is 420. The predicted octanol–water partition coefficient (Wildman–Crippen LogP) is 1.72. The van der Waals surface area contributed by atoms with Crippen molar-refractivity contribution in [2.75, 3.05) is 0 Å². The smallest absolute Gasteiger partial charge is 0.229 e. The van der Waals surface area contributed by atoms with E-state index >= 15 is 0 Å². The van der Waals surface area contributed by atoms with E-state index < -0.39 is 0 Å². The fourth-order valence-corrected chi connectivity index (χ4v) is 1.43. The highest BCUT2D eigenvalue weighted by Crippen LogP contribution is 2.11. The fourth-order valence-electron chi connectivity index (χ4n) is 1.43. The third kappa shape index (κ3) is 1.76. The molecule has 14 heavy (non-hydrogen) atoms. The van der Waals surface area contributed by atoms with Crippen molar-refractivity contribution in [3.63, 3.8) is 0 Å². The standard InChI is InChI=1S/C11H12N2O/c1-13-8-11(14)12-10(13)7-9-5-3-2-4-6-9/h2-6,8,14H,7H2,1H3. The lowest BCUT2D eigenvalue weighted by molar-refractivity contribution is 0.455. The Balaban J connectivity index is 2.23. The highest BCUT2D eigenvalue weighted by atomic mass is 16.3. The summed E-state index contributed by atoms with van der Waals surface area (Å²) in [5.74, 6) is 0.951. The molecule has 0 aliphatic rings. The first-order chi connectivity index (χ1) is 6.75. The number of benzene rings is 1. The quantitative estimate of drug-likeness (QED) is 0.779. The molecular weight excluding hydrogens is 176 g/mol. The van der Waals surface area contributed by atoms with Crippen LogP contribution >= 0.6 is 0 Å². The molecule has 1 aromatic heterocycles. The number of aromatic nitrogens is 2. The molecule has 0 saturated carbocycles. The Hall–Kier alpha value is -1.77. The van der Waals surface area contributed by atoms with Crippen LogP contribution in [0.2, 0.25) is 0 Å². The number of nitrogens with zero attached hydrogens (tertiary/aromatic N) is 2. The van der Waals surface area contributed by atoms with Gasteiger partial charge in [0.05, 0.1) is 6.20 Å². The van der Waals surface area contributed by atoms with E-state index in [4.69, 9.17) is 0 Å². The van der Waals surface area contributed by atoms with E-state index in [-0.39, 0.29) is 5.88 Å². The lowest BCUT2D eigenvalue weighted by atomic mass is 10.1. The summed E-state index contributed by atoms with van der Waals surface area (Å²) >= 11 is 0. The first kappa shape index (κ1) is 8.81. The third-order valence-electron chi connectivity index (χ3n) is 2.16. The van der Waals surface area contributed by atoms with Crippen molar-refractivity contribution in [2.24, 2.45) is 7.05 Å². The van der Waals surface area contributed by atoms with E-state index in [0.29, 0.717) is 0 Å². The van der Waals surface area contributed by atoms with Crippen molar-refractivity contribution in [1.29, 1.82) is 0 Å². The first-order valence-corrected chi connectivity index (χ1v) is 4.51. The van der Waals surface area contributed by atoms with Crippen LogP contribution in [0, 0.1) is 0 Å². The molecular formula is C11H12N2O. The highest BCUT2D eigenvalue weighted by Gasteiger charge is 2.04.